The minimum atomic E-state index is 0. The zero-order valence-electron chi connectivity index (χ0n) is 7.95. The van der Waals surface area contributed by atoms with E-state index >= 15 is 0 Å². The van der Waals surface area contributed by atoms with Crippen LogP contribution in [0.15, 0.2) is 0 Å². The fraction of sp³-hybridized carbons (Fsp3) is 1.00. The molecule has 3 nitrogen and oxygen atoms in total. The van der Waals surface area contributed by atoms with E-state index in [4.69, 9.17) is 0 Å². The molecule has 0 aromatic carbocycles. The summed E-state index contributed by atoms with van der Waals surface area (Å²) in [5, 5.41) is 3.45. The van der Waals surface area contributed by atoms with Crippen molar-refractivity contribution in [2.45, 2.75) is 31.8 Å². The molecule has 1 saturated carbocycles. The van der Waals surface area contributed by atoms with E-state index < -0.39 is 0 Å². The van der Waals surface area contributed by atoms with Crippen molar-refractivity contribution in [3.05, 3.63) is 0 Å². The van der Waals surface area contributed by atoms with Gasteiger partial charge >= 0.3 is 0 Å². The van der Waals surface area contributed by atoms with Gasteiger partial charge in [0.15, 0.2) is 0 Å². The topological polar surface area (TPSA) is 46.8 Å². The van der Waals surface area contributed by atoms with Gasteiger partial charge in [0.2, 0.25) is 0 Å². The van der Waals surface area contributed by atoms with Crippen molar-refractivity contribution in [1.29, 1.82) is 0 Å². The van der Waals surface area contributed by atoms with E-state index in [0.717, 1.165) is 6.04 Å². The highest BCUT2D eigenvalue weighted by Crippen LogP contribution is 2.27. The van der Waals surface area contributed by atoms with Crippen molar-refractivity contribution < 1.29 is 5.48 Å². The van der Waals surface area contributed by atoms with E-state index in [1.165, 1.54) is 32.5 Å². The van der Waals surface area contributed by atoms with Crippen molar-refractivity contribution >= 4 is 24.8 Å². The Balaban J connectivity index is 0. The number of piperazine rings is 1. The molecule has 2 rings (SSSR count). The lowest BCUT2D eigenvalue weighted by Crippen LogP contribution is -2.49. The molecule has 2 fully saturated rings. The van der Waals surface area contributed by atoms with Gasteiger partial charge in [0.25, 0.3) is 0 Å². The van der Waals surface area contributed by atoms with Crippen LogP contribution in [0.2, 0.25) is 0 Å². The summed E-state index contributed by atoms with van der Waals surface area (Å²) in [5.41, 5.74) is 0. The van der Waals surface area contributed by atoms with E-state index in [2.05, 4.69) is 17.1 Å². The van der Waals surface area contributed by atoms with Gasteiger partial charge in [0.05, 0.1) is 0 Å². The number of nitrogens with zero attached hydrogens (tertiary/aromatic N) is 1. The van der Waals surface area contributed by atoms with Crippen LogP contribution in [0, 0.1) is 0 Å². The Morgan fingerprint density at radius 1 is 1.23 bits per heavy atom. The molecule has 1 atom stereocenters. The normalized spacial score (nSPS) is 27.9. The fourth-order valence-corrected chi connectivity index (χ4v) is 1.73. The molecule has 0 bridgehead atoms. The van der Waals surface area contributed by atoms with Crippen molar-refractivity contribution in [3.8, 4) is 0 Å². The average molecular weight is 231 g/mol. The quantitative estimate of drug-likeness (QED) is 0.712. The Morgan fingerprint density at radius 3 is 2.31 bits per heavy atom. The summed E-state index contributed by atoms with van der Waals surface area (Å²) < 4.78 is 0. The predicted molar refractivity (Wildman–Crippen MR) is 60.2 cm³/mol. The van der Waals surface area contributed by atoms with E-state index in [9.17, 15) is 0 Å². The van der Waals surface area contributed by atoms with Crippen LogP contribution in [0.25, 0.3) is 0 Å². The van der Waals surface area contributed by atoms with Gasteiger partial charge < -0.3 is 10.8 Å². The van der Waals surface area contributed by atoms with E-state index in [0.29, 0.717) is 6.04 Å². The van der Waals surface area contributed by atoms with Crippen LogP contribution in [0.3, 0.4) is 0 Å². The second-order valence-electron chi connectivity index (χ2n) is 3.58. The van der Waals surface area contributed by atoms with Crippen LogP contribution in [0.4, 0.5) is 0 Å². The third kappa shape index (κ3) is 4.47. The summed E-state index contributed by atoms with van der Waals surface area (Å²) in [4.78, 5) is 2.63. The average Bonchev–Trinajstić information content (AvgIpc) is 2.68. The van der Waals surface area contributed by atoms with Crippen molar-refractivity contribution in [2.75, 3.05) is 19.6 Å². The molecule has 1 aliphatic carbocycles. The van der Waals surface area contributed by atoms with Crippen molar-refractivity contribution in [2.24, 2.45) is 0 Å². The monoisotopic (exact) mass is 230 g/mol. The molecule has 82 valence electrons. The first-order valence-electron chi connectivity index (χ1n) is 4.33. The molecule has 1 aliphatic heterocycles. The molecule has 3 N–H and O–H groups in total. The second-order valence-corrected chi connectivity index (χ2v) is 3.58. The van der Waals surface area contributed by atoms with Gasteiger partial charge in [-0.15, -0.1) is 24.8 Å². The number of hydrogen-bond acceptors (Lipinski definition) is 2. The SMILES string of the molecule is CC1CN(C2CC2)CCN1.Cl.Cl.O. The van der Waals surface area contributed by atoms with Gasteiger partial charge in [0.1, 0.15) is 0 Å². The second kappa shape index (κ2) is 6.85. The van der Waals surface area contributed by atoms with Crippen LogP contribution in [-0.4, -0.2) is 42.1 Å². The summed E-state index contributed by atoms with van der Waals surface area (Å²) in [6.07, 6.45) is 2.90. The van der Waals surface area contributed by atoms with Crippen LogP contribution >= 0.6 is 24.8 Å². The molecule has 0 radical (unpaired) electrons. The lowest BCUT2D eigenvalue weighted by Gasteiger charge is -2.31. The smallest absolute Gasteiger partial charge is 0.0167 e. The van der Waals surface area contributed by atoms with Gasteiger partial charge in [0, 0.05) is 31.7 Å². The third-order valence-electron chi connectivity index (χ3n) is 2.46. The Hall–Kier alpha value is 0.460. The first-order valence-corrected chi connectivity index (χ1v) is 4.33. The maximum atomic E-state index is 3.45. The van der Waals surface area contributed by atoms with Gasteiger partial charge in [-0.3, -0.25) is 4.90 Å². The fourth-order valence-electron chi connectivity index (χ4n) is 1.73. The minimum absolute atomic E-state index is 0. The zero-order chi connectivity index (χ0) is 6.97. The minimum Gasteiger partial charge on any atom is -0.412 e. The molecule has 2 aliphatic rings. The van der Waals surface area contributed by atoms with Crippen molar-refractivity contribution in [1.82, 2.24) is 10.2 Å². The summed E-state index contributed by atoms with van der Waals surface area (Å²) in [6, 6.07) is 1.68. The molecule has 0 amide bonds. The molecule has 1 heterocycles. The van der Waals surface area contributed by atoms with Gasteiger partial charge in [-0.05, 0) is 19.8 Å². The molecule has 5 heteroatoms. The van der Waals surface area contributed by atoms with Crippen LogP contribution in [-0.2, 0) is 0 Å². The van der Waals surface area contributed by atoms with Gasteiger partial charge in [-0.2, -0.15) is 0 Å². The van der Waals surface area contributed by atoms with Crippen LogP contribution in [0.1, 0.15) is 19.8 Å². The number of halogens is 2. The highest BCUT2D eigenvalue weighted by atomic mass is 35.5. The Kier molecular flexibility index (Phi) is 8.38. The Morgan fingerprint density at radius 2 is 1.85 bits per heavy atom. The van der Waals surface area contributed by atoms with E-state index in [-0.39, 0.29) is 30.3 Å². The summed E-state index contributed by atoms with van der Waals surface area (Å²) in [5.74, 6) is 0. The highest BCUT2D eigenvalue weighted by Gasteiger charge is 2.30. The van der Waals surface area contributed by atoms with Crippen LogP contribution < -0.4 is 5.32 Å². The molecule has 0 spiro atoms. The first-order chi connectivity index (χ1) is 4.86. The molecular formula is C8H20Cl2N2O. The van der Waals surface area contributed by atoms with Gasteiger partial charge in [-0.25, -0.2) is 0 Å². The van der Waals surface area contributed by atoms with E-state index in [1.807, 2.05) is 0 Å². The summed E-state index contributed by atoms with van der Waals surface area (Å²) >= 11 is 0. The molecule has 0 aromatic heterocycles. The summed E-state index contributed by atoms with van der Waals surface area (Å²) in [6.45, 7) is 6.01. The maximum Gasteiger partial charge on any atom is 0.0167 e. The van der Waals surface area contributed by atoms with Crippen molar-refractivity contribution in [3.63, 3.8) is 0 Å². The molecule has 1 unspecified atom stereocenters. The lowest BCUT2D eigenvalue weighted by molar-refractivity contribution is 0.198. The number of nitrogens with one attached hydrogen (secondary N) is 1. The van der Waals surface area contributed by atoms with Gasteiger partial charge in [-0.1, -0.05) is 0 Å². The number of rotatable bonds is 1. The Labute approximate surface area is 92.4 Å². The van der Waals surface area contributed by atoms with Crippen LogP contribution in [0.5, 0.6) is 0 Å². The Bertz CT molecular complexity index is 133. The lowest BCUT2D eigenvalue weighted by atomic mass is 10.2. The standard InChI is InChI=1S/C8H16N2.2ClH.H2O/c1-7-6-10(5-4-9-7)8-2-3-8;;;/h7-9H,2-6H2,1H3;2*1H;1H2. The zero-order valence-corrected chi connectivity index (χ0v) is 9.59. The number of hydrogen-bond donors (Lipinski definition) is 1. The van der Waals surface area contributed by atoms with E-state index in [1.54, 1.807) is 0 Å². The highest BCUT2D eigenvalue weighted by molar-refractivity contribution is 5.85. The molecule has 13 heavy (non-hydrogen) atoms. The molecular weight excluding hydrogens is 211 g/mol. The maximum absolute atomic E-state index is 3.45. The summed E-state index contributed by atoms with van der Waals surface area (Å²) in [7, 11) is 0. The third-order valence-corrected chi connectivity index (χ3v) is 2.46. The molecule has 0 aromatic rings. The molecule has 1 saturated heterocycles. The first kappa shape index (κ1) is 15.9. The largest absolute Gasteiger partial charge is 0.412 e. The predicted octanol–water partition coefficient (Wildman–Crippen LogP) is 0.461.